The molecule has 0 bridgehead atoms. The molecule has 1 aliphatic rings. The van der Waals surface area contributed by atoms with Gasteiger partial charge in [0.2, 0.25) is 6.29 Å². The highest BCUT2D eigenvalue weighted by Crippen LogP contribution is 2.33. The Morgan fingerprint density at radius 2 is 2.00 bits per heavy atom. The molecule has 0 aromatic heterocycles. The van der Waals surface area contributed by atoms with Crippen molar-refractivity contribution in [2.75, 3.05) is 13.7 Å². The minimum atomic E-state index is -1.25. The maximum atomic E-state index is 12.2. The lowest BCUT2D eigenvalue weighted by molar-refractivity contribution is -0.145. The van der Waals surface area contributed by atoms with Crippen LogP contribution >= 0.6 is 0 Å². The van der Waals surface area contributed by atoms with E-state index in [1.165, 1.54) is 19.2 Å². The van der Waals surface area contributed by atoms with Gasteiger partial charge in [0.05, 0.1) is 32.0 Å². The van der Waals surface area contributed by atoms with Crippen molar-refractivity contribution in [2.24, 2.45) is 5.92 Å². The number of methoxy groups -OCH3 is 1. The van der Waals surface area contributed by atoms with Gasteiger partial charge >= 0.3 is 11.9 Å². The molecular weight excluding hydrogens is 356 g/mol. The summed E-state index contributed by atoms with van der Waals surface area (Å²) in [7, 11) is 1.21. The highest BCUT2D eigenvalue weighted by molar-refractivity contribution is 5.90. The van der Waals surface area contributed by atoms with Gasteiger partial charge in [-0.2, -0.15) is 0 Å². The molecule has 3 N–H and O–H groups in total. The highest BCUT2D eigenvalue weighted by Gasteiger charge is 2.35. The third-order valence-electron chi connectivity index (χ3n) is 4.21. The number of allylic oxidation sites excluding steroid dienone is 1. The van der Waals surface area contributed by atoms with Crippen LogP contribution in [0.25, 0.3) is 0 Å². The van der Waals surface area contributed by atoms with Crippen LogP contribution in [0, 0.1) is 5.92 Å². The fraction of sp³-hybridized carbons (Fsp3) is 0.368. The first-order valence-electron chi connectivity index (χ1n) is 8.31. The molecule has 2 atom stereocenters. The van der Waals surface area contributed by atoms with E-state index >= 15 is 0 Å². The minimum Gasteiger partial charge on any atom is -0.504 e. The van der Waals surface area contributed by atoms with Crippen molar-refractivity contribution in [3.63, 3.8) is 0 Å². The molecule has 2 rings (SSSR count). The summed E-state index contributed by atoms with van der Waals surface area (Å²) in [6, 6.07) is 4.34. The number of carbonyl (C=O) groups is 2. The SMILES string of the molecule is C/C=C1\[C@H](O)OC=C(C(=O)OC)[C@H]1CC(=O)OCCc1ccc(O)c(O)c1. The predicted molar refractivity (Wildman–Crippen MR) is 93.5 cm³/mol. The van der Waals surface area contributed by atoms with E-state index in [0.29, 0.717) is 17.6 Å². The molecule has 0 fully saturated rings. The lowest BCUT2D eigenvalue weighted by Gasteiger charge is -2.28. The Bertz CT molecular complexity index is 765. The number of hydrogen-bond acceptors (Lipinski definition) is 8. The number of phenolic OH excluding ortho intramolecular Hbond substituents is 2. The summed E-state index contributed by atoms with van der Waals surface area (Å²) in [5.41, 5.74) is 1.18. The van der Waals surface area contributed by atoms with Crippen molar-refractivity contribution in [1.82, 2.24) is 0 Å². The van der Waals surface area contributed by atoms with E-state index in [1.807, 2.05) is 0 Å². The number of benzene rings is 1. The second-order valence-corrected chi connectivity index (χ2v) is 5.89. The molecule has 0 spiro atoms. The zero-order valence-electron chi connectivity index (χ0n) is 15.0. The van der Waals surface area contributed by atoms with Crippen LogP contribution in [0.4, 0.5) is 0 Å². The summed E-state index contributed by atoms with van der Waals surface area (Å²) in [4.78, 5) is 24.1. The molecule has 0 radical (unpaired) electrons. The van der Waals surface area contributed by atoms with Gasteiger partial charge in [-0.05, 0) is 24.6 Å². The molecule has 146 valence electrons. The Balaban J connectivity index is 1.99. The maximum Gasteiger partial charge on any atom is 0.337 e. The van der Waals surface area contributed by atoms with Crippen LogP contribution in [0.3, 0.4) is 0 Å². The van der Waals surface area contributed by atoms with Gasteiger partial charge in [0.1, 0.15) is 0 Å². The zero-order chi connectivity index (χ0) is 20.0. The molecular formula is C19H22O8. The van der Waals surface area contributed by atoms with Crippen molar-refractivity contribution < 1.29 is 39.1 Å². The van der Waals surface area contributed by atoms with Crippen LogP contribution < -0.4 is 0 Å². The summed E-state index contributed by atoms with van der Waals surface area (Å²) >= 11 is 0. The average molecular weight is 378 g/mol. The molecule has 1 heterocycles. The van der Waals surface area contributed by atoms with Crippen LogP contribution in [0.2, 0.25) is 0 Å². The zero-order valence-corrected chi connectivity index (χ0v) is 15.0. The van der Waals surface area contributed by atoms with E-state index in [0.717, 1.165) is 6.26 Å². The normalized spacial score (nSPS) is 20.6. The first-order valence-corrected chi connectivity index (χ1v) is 8.31. The Kier molecular flexibility index (Phi) is 6.84. The fourth-order valence-corrected chi connectivity index (χ4v) is 2.76. The Morgan fingerprint density at radius 1 is 1.26 bits per heavy atom. The van der Waals surface area contributed by atoms with Gasteiger partial charge in [-0.3, -0.25) is 4.79 Å². The minimum absolute atomic E-state index is 0.0528. The third kappa shape index (κ3) is 5.01. The van der Waals surface area contributed by atoms with Crippen LogP contribution in [0.1, 0.15) is 18.9 Å². The summed E-state index contributed by atoms with van der Waals surface area (Å²) < 4.78 is 14.9. The quantitative estimate of drug-likeness (QED) is 0.387. The average Bonchev–Trinajstić information content (AvgIpc) is 2.64. The number of hydrogen-bond donors (Lipinski definition) is 3. The van der Waals surface area contributed by atoms with Crippen molar-refractivity contribution in [2.45, 2.75) is 26.1 Å². The molecule has 1 aromatic carbocycles. The van der Waals surface area contributed by atoms with E-state index in [-0.39, 0.29) is 30.1 Å². The monoisotopic (exact) mass is 378 g/mol. The molecule has 0 saturated heterocycles. The van der Waals surface area contributed by atoms with Gasteiger partial charge in [-0.15, -0.1) is 0 Å². The first-order chi connectivity index (χ1) is 12.9. The topological polar surface area (TPSA) is 123 Å². The lowest BCUT2D eigenvalue weighted by atomic mass is 9.86. The molecule has 1 aromatic rings. The predicted octanol–water partition coefficient (Wildman–Crippen LogP) is 1.54. The molecule has 1 aliphatic heterocycles. The summed E-state index contributed by atoms with van der Waals surface area (Å²) in [5.74, 6) is -2.41. The van der Waals surface area contributed by atoms with Crippen molar-refractivity contribution >= 4 is 11.9 Å². The van der Waals surface area contributed by atoms with Gasteiger partial charge in [-0.1, -0.05) is 12.1 Å². The standard InChI is InChI=1S/C19H22O8/c1-3-12-13(14(18(23)25-2)10-27-19(12)24)9-17(22)26-7-6-11-4-5-15(20)16(21)8-11/h3-5,8,10,13,19-21,24H,6-7,9H2,1-2H3/b12-3-/t13-,19+/m0/s1. The van der Waals surface area contributed by atoms with Crippen LogP contribution in [0.15, 0.2) is 41.7 Å². The maximum absolute atomic E-state index is 12.2. The number of carbonyl (C=O) groups excluding carboxylic acids is 2. The number of rotatable bonds is 6. The van der Waals surface area contributed by atoms with Gasteiger partial charge in [0.25, 0.3) is 0 Å². The van der Waals surface area contributed by atoms with E-state index in [2.05, 4.69) is 0 Å². The molecule has 27 heavy (non-hydrogen) atoms. The lowest BCUT2D eigenvalue weighted by Crippen LogP contribution is -2.31. The Labute approximate surface area is 156 Å². The van der Waals surface area contributed by atoms with Crippen molar-refractivity contribution in [3.8, 4) is 11.5 Å². The Morgan fingerprint density at radius 3 is 2.63 bits per heavy atom. The number of ether oxygens (including phenoxy) is 3. The highest BCUT2D eigenvalue weighted by atomic mass is 16.6. The van der Waals surface area contributed by atoms with Gasteiger partial charge < -0.3 is 29.5 Å². The van der Waals surface area contributed by atoms with E-state index < -0.39 is 24.1 Å². The van der Waals surface area contributed by atoms with E-state index in [1.54, 1.807) is 19.1 Å². The largest absolute Gasteiger partial charge is 0.504 e. The number of aromatic hydroxyl groups is 2. The van der Waals surface area contributed by atoms with Crippen LogP contribution in [0.5, 0.6) is 11.5 Å². The molecule has 0 aliphatic carbocycles. The third-order valence-corrected chi connectivity index (χ3v) is 4.21. The second-order valence-electron chi connectivity index (χ2n) is 5.89. The molecule has 0 saturated carbocycles. The van der Waals surface area contributed by atoms with Crippen LogP contribution in [-0.4, -0.2) is 47.3 Å². The van der Waals surface area contributed by atoms with Gasteiger partial charge in [-0.25, -0.2) is 4.79 Å². The number of esters is 2. The first kappa shape index (κ1) is 20.3. The molecule has 0 amide bonds. The van der Waals surface area contributed by atoms with Crippen molar-refractivity contribution in [3.05, 3.63) is 47.2 Å². The molecule has 8 heteroatoms. The smallest absolute Gasteiger partial charge is 0.337 e. The van der Waals surface area contributed by atoms with Gasteiger partial charge in [0, 0.05) is 17.9 Å². The van der Waals surface area contributed by atoms with E-state index in [9.17, 15) is 24.9 Å². The summed E-state index contributed by atoms with van der Waals surface area (Å²) in [6.07, 6.45) is 1.60. The van der Waals surface area contributed by atoms with Crippen LogP contribution in [-0.2, 0) is 30.2 Å². The Hall–Kier alpha value is -3.00. The summed E-state index contributed by atoms with van der Waals surface area (Å²) in [6.45, 7) is 1.72. The van der Waals surface area contributed by atoms with Crippen molar-refractivity contribution in [1.29, 1.82) is 0 Å². The van der Waals surface area contributed by atoms with E-state index in [4.69, 9.17) is 14.2 Å². The second kappa shape index (κ2) is 9.09. The van der Waals surface area contributed by atoms with Gasteiger partial charge in [0.15, 0.2) is 11.5 Å². The summed E-state index contributed by atoms with van der Waals surface area (Å²) in [5, 5.41) is 28.7. The fourth-order valence-electron chi connectivity index (χ4n) is 2.76. The molecule has 8 nitrogen and oxygen atoms in total. The number of aliphatic hydroxyl groups is 1. The number of phenols is 2. The molecule has 0 unspecified atom stereocenters. The number of aliphatic hydroxyl groups excluding tert-OH is 1.